The van der Waals surface area contributed by atoms with Crippen LogP contribution in [-0.4, -0.2) is 42.2 Å². The van der Waals surface area contributed by atoms with Crippen LogP contribution >= 0.6 is 23.2 Å². The molecule has 0 aromatic heterocycles. The van der Waals surface area contributed by atoms with Gasteiger partial charge in [0.05, 0.1) is 11.8 Å². The topological polar surface area (TPSA) is 68.1 Å². The molecule has 2 aromatic carbocycles. The van der Waals surface area contributed by atoms with Gasteiger partial charge in [-0.3, -0.25) is 0 Å². The van der Waals surface area contributed by atoms with Gasteiger partial charge in [-0.25, -0.2) is 0 Å². The van der Waals surface area contributed by atoms with Crippen molar-refractivity contribution in [2.45, 2.75) is 31.4 Å². The van der Waals surface area contributed by atoms with Gasteiger partial charge in [0, 0.05) is 5.41 Å². The van der Waals surface area contributed by atoms with Gasteiger partial charge < -0.3 is 14.6 Å². The van der Waals surface area contributed by atoms with Crippen LogP contribution < -0.4 is 9.47 Å². The van der Waals surface area contributed by atoms with E-state index < -0.39 is 12.1 Å². The number of nitroso groups, excluding NO2 is 1. The van der Waals surface area contributed by atoms with Gasteiger partial charge in [0.2, 0.25) is 0 Å². The first-order valence-electron chi connectivity index (χ1n) is 8.99. The standard InChI is InChI=1S/C21H25Cl2NO4/c1-21(2,16-5-9-20(10-6-16)28-14-18(25)12-23)15-3-7-19(8-4-15)27-13-17(11-22)24-26/h3-10,17-18,25H,11-14H2,1-2H3. The van der Waals surface area contributed by atoms with Gasteiger partial charge in [0.15, 0.2) is 0 Å². The average molecular weight is 426 g/mol. The van der Waals surface area contributed by atoms with Crippen LogP contribution in [0.25, 0.3) is 0 Å². The van der Waals surface area contributed by atoms with E-state index in [-0.39, 0.29) is 30.4 Å². The van der Waals surface area contributed by atoms with Gasteiger partial charge in [0.1, 0.15) is 36.9 Å². The van der Waals surface area contributed by atoms with Crippen molar-refractivity contribution in [2.24, 2.45) is 5.18 Å². The third-order valence-corrected chi connectivity index (χ3v) is 5.25. The summed E-state index contributed by atoms with van der Waals surface area (Å²) in [5.74, 6) is 1.63. The molecular weight excluding hydrogens is 401 g/mol. The summed E-state index contributed by atoms with van der Waals surface area (Å²) in [5.41, 5.74) is 2.02. The van der Waals surface area contributed by atoms with E-state index in [9.17, 15) is 10.0 Å². The number of ether oxygens (including phenoxy) is 2. The molecular formula is C21H25Cl2NO4. The number of halogens is 2. The highest BCUT2D eigenvalue weighted by Crippen LogP contribution is 2.33. The summed E-state index contributed by atoms with van der Waals surface area (Å²) in [6.07, 6.45) is -0.680. The first kappa shape index (κ1) is 22.5. The Morgan fingerprint density at radius 2 is 1.36 bits per heavy atom. The average Bonchev–Trinajstić information content (AvgIpc) is 2.73. The van der Waals surface area contributed by atoms with Crippen LogP contribution in [0.1, 0.15) is 25.0 Å². The molecule has 2 aromatic rings. The molecule has 2 unspecified atom stereocenters. The van der Waals surface area contributed by atoms with Gasteiger partial charge >= 0.3 is 0 Å². The second-order valence-corrected chi connectivity index (χ2v) is 7.63. The maximum Gasteiger partial charge on any atom is 0.139 e. The Hall–Kier alpha value is -1.82. The van der Waals surface area contributed by atoms with E-state index in [0.717, 1.165) is 11.1 Å². The van der Waals surface area contributed by atoms with E-state index in [2.05, 4.69) is 19.0 Å². The second kappa shape index (κ2) is 10.6. The minimum Gasteiger partial charge on any atom is -0.491 e. The van der Waals surface area contributed by atoms with E-state index in [0.29, 0.717) is 11.5 Å². The quantitative estimate of drug-likeness (QED) is 0.416. The van der Waals surface area contributed by atoms with E-state index in [4.69, 9.17) is 32.7 Å². The van der Waals surface area contributed by atoms with E-state index in [1.807, 2.05) is 48.5 Å². The number of rotatable bonds is 11. The zero-order valence-corrected chi connectivity index (χ0v) is 17.5. The smallest absolute Gasteiger partial charge is 0.139 e. The molecule has 2 rings (SSSR count). The lowest BCUT2D eigenvalue weighted by atomic mass is 9.78. The van der Waals surface area contributed by atoms with Gasteiger partial charge in [-0.15, -0.1) is 23.2 Å². The summed E-state index contributed by atoms with van der Waals surface area (Å²) < 4.78 is 11.1. The molecule has 0 amide bonds. The summed E-state index contributed by atoms with van der Waals surface area (Å²) in [7, 11) is 0. The largest absolute Gasteiger partial charge is 0.491 e. The monoisotopic (exact) mass is 425 g/mol. The maximum atomic E-state index is 10.6. The molecule has 0 bridgehead atoms. The fourth-order valence-corrected chi connectivity index (χ4v) is 2.87. The third-order valence-electron chi connectivity index (χ3n) is 4.54. The number of aliphatic hydroxyl groups is 1. The third kappa shape index (κ3) is 6.09. The fourth-order valence-electron chi connectivity index (χ4n) is 2.63. The molecule has 0 aliphatic carbocycles. The molecule has 0 radical (unpaired) electrons. The minimum absolute atomic E-state index is 0.138. The Bertz CT molecular complexity index is 735. The highest BCUT2D eigenvalue weighted by Gasteiger charge is 2.23. The highest BCUT2D eigenvalue weighted by molar-refractivity contribution is 6.18. The number of nitrogens with zero attached hydrogens (tertiary/aromatic N) is 1. The zero-order chi connectivity index (χ0) is 20.6. The van der Waals surface area contributed by atoms with Crippen LogP contribution in [0, 0.1) is 4.91 Å². The maximum absolute atomic E-state index is 10.6. The Labute approximate surface area is 175 Å². The van der Waals surface area contributed by atoms with Crippen molar-refractivity contribution in [3.05, 3.63) is 64.6 Å². The van der Waals surface area contributed by atoms with Crippen LogP contribution in [0.3, 0.4) is 0 Å². The van der Waals surface area contributed by atoms with Crippen molar-refractivity contribution >= 4 is 23.2 Å². The van der Waals surface area contributed by atoms with Crippen molar-refractivity contribution in [1.82, 2.24) is 0 Å². The van der Waals surface area contributed by atoms with Crippen LogP contribution in [0.5, 0.6) is 11.5 Å². The van der Waals surface area contributed by atoms with E-state index in [1.165, 1.54) is 0 Å². The van der Waals surface area contributed by atoms with Gasteiger partial charge in [-0.2, -0.15) is 4.91 Å². The Kier molecular flexibility index (Phi) is 8.55. The van der Waals surface area contributed by atoms with Gasteiger partial charge in [-0.05, 0) is 35.4 Å². The summed E-state index contributed by atoms with van der Waals surface area (Å²) >= 11 is 11.2. The molecule has 28 heavy (non-hydrogen) atoms. The number of benzene rings is 2. The summed E-state index contributed by atoms with van der Waals surface area (Å²) in [6, 6.07) is 15.0. The second-order valence-electron chi connectivity index (χ2n) is 7.02. The van der Waals surface area contributed by atoms with Crippen molar-refractivity contribution < 1.29 is 14.6 Å². The minimum atomic E-state index is -0.680. The normalized spacial score (nSPS) is 13.6. The first-order chi connectivity index (χ1) is 13.4. The van der Waals surface area contributed by atoms with E-state index >= 15 is 0 Å². The fraction of sp³-hybridized carbons (Fsp3) is 0.429. The summed E-state index contributed by atoms with van der Waals surface area (Å²) in [4.78, 5) is 10.6. The molecule has 0 spiro atoms. The Morgan fingerprint density at radius 3 is 1.75 bits per heavy atom. The number of hydrogen-bond donors (Lipinski definition) is 1. The summed E-state index contributed by atoms with van der Waals surface area (Å²) in [5, 5.41) is 12.4. The van der Waals surface area contributed by atoms with Crippen LogP contribution in [0.2, 0.25) is 0 Å². The molecule has 0 heterocycles. The van der Waals surface area contributed by atoms with E-state index in [1.54, 1.807) is 0 Å². The molecule has 0 fully saturated rings. The number of hydrogen-bond acceptors (Lipinski definition) is 5. The number of aliphatic hydroxyl groups excluding tert-OH is 1. The van der Waals surface area contributed by atoms with Gasteiger partial charge in [-0.1, -0.05) is 43.3 Å². The predicted octanol–water partition coefficient (Wildman–Crippen LogP) is 4.74. The lowest BCUT2D eigenvalue weighted by Gasteiger charge is -2.26. The predicted molar refractivity (Wildman–Crippen MR) is 113 cm³/mol. The molecule has 0 aliphatic heterocycles. The van der Waals surface area contributed by atoms with Crippen molar-refractivity contribution in [1.29, 1.82) is 0 Å². The molecule has 1 N–H and O–H groups in total. The molecule has 5 nitrogen and oxygen atoms in total. The first-order valence-corrected chi connectivity index (χ1v) is 10.1. The molecule has 7 heteroatoms. The molecule has 0 aliphatic rings. The van der Waals surface area contributed by atoms with Crippen LogP contribution in [-0.2, 0) is 5.41 Å². The SMILES string of the molecule is CC(C)(c1ccc(OCC(O)CCl)cc1)c1ccc(OCC(CCl)N=O)cc1. The lowest BCUT2D eigenvalue weighted by Crippen LogP contribution is -2.20. The van der Waals surface area contributed by atoms with Crippen molar-refractivity contribution in [3.63, 3.8) is 0 Å². The highest BCUT2D eigenvalue weighted by atomic mass is 35.5. The molecule has 0 saturated carbocycles. The van der Waals surface area contributed by atoms with Gasteiger partial charge in [0.25, 0.3) is 0 Å². The Morgan fingerprint density at radius 1 is 0.893 bits per heavy atom. The van der Waals surface area contributed by atoms with Crippen molar-refractivity contribution in [2.75, 3.05) is 25.0 Å². The number of alkyl halides is 2. The summed E-state index contributed by atoms with van der Waals surface area (Å²) in [6.45, 7) is 4.60. The Balaban J connectivity index is 2.03. The molecule has 0 saturated heterocycles. The zero-order valence-electron chi connectivity index (χ0n) is 16.0. The molecule has 152 valence electrons. The van der Waals surface area contributed by atoms with Crippen molar-refractivity contribution in [3.8, 4) is 11.5 Å². The lowest BCUT2D eigenvalue weighted by molar-refractivity contribution is 0.125. The van der Waals surface area contributed by atoms with Crippen LogP contribution in [0.4, 0.5) is 0 Å². The van der Waals surface area contributed by atoms with Crippen LogP contribution in [0.15, 0.2) is 53.7 Å². The molecule has 2 atom stereocenters.